The molecule has 0 saturated heterocycles. The molecule has 2 aromatic carbocycles. The van der Waals surface area contributed by atoms with E-state index < -0.39 is 6.04 Å². The second kappa shape index (κ2) is 9.84. The fourth-order valence-electron chi connectivity index (χ4n) is 2.76. The minimum absolute atomic E-state index is 0.0773. The first-order valence-electron chi connectivity index (χ1n) is 9.42. The molecule has 2 aromatic rings. The van der Waals surface area contributed by atoms with Crippen LogP contribution in [0, 0.1) is 13.8 Å². The minimum Gasteiger partial charge on any atom is -0.326 e. The van der Waals surface area contributed by atoms with E-state index in [1.54, 1.807) is 43.1 Å². The van der Waals surface area contributed by atoms with Crippen molar-refractivity contribution in [3.05, 3.63) is 53.6 Å². The third-order valence-electron chi connectivity index (χ3n) is 4.76. The number of nitrogens with zero attached hydrogens (tertiary/aromatic N) is 1. The van der Waals surface area contributed by atoms with E-state index in [4.69, 9.17) is 0 Å². The Kier molecular flexibility index (Phi) is 7.50. The first-order chi connectivity index (χ1) is 13.7. The Morgan fingerprint density at radius 1 is 0.966 bits per heavy atom. The van der Waals surface area contributed by atoms with E-state index in [9.17, 15) is 14.4 Å². The van der Waals surface area contributed by atoms with E-state index in [1.807, 2.05) is 32.0 Å². The zero-order chi connectivity index (χ0) is 21.6. The van der Waals surface area contributed by atoms with Crippen LogP contribution in [0.2, 0.25) is 0 Å². The first kappa shape index (κ1) is 22.1. The van der Waals surface area contributed by atoms with Gasteiger partial charge in [0.15, 0.2) is 0 Å². The van der Waals surface area contributed by atoms with Crippen molar-refractivity contribution < 1.29 is 14.4 Å². The highest BCUT2D eigenvalue weighted by atomic mass is 16.2. The van der Waals surface area contributed by atoms with Gasteiger partial charge in [-0.2, -0.15) is 0 Å². The van der Waals surface area contributed by atoms with Crippen LogP contribution in [-0.4, -0.2) is 42.3 Å². The molecule has 3 amide bonds. The molecule has 1 unspecified atom stereocenters. The average Bonchev–Trinajstić information content (AvgIpc) is 2.64. The number of carbonyl (C=O) groups excluding carboxylic acids is 3. The van der Waals surface area contributed by atoms with Crippen molar-refractivity contribution in [2.24, 2.45) is 0 Å². The van der Waals surface area contributed by atoms with E-state index in [1.165, 1.54) is 6.92 Å². The van der Waals surface area contributed by atoms with E-state index in [-0.39, 0.29) is 24.3 Å². The Morgan fingerprint density at radius 2 is 1.59 bits per heavy atom. The van der Waals surface area contributed by atoms with E-state index in [0.29, 0.717) is 11.4 Å². The monoisotopic (exact) mass is 396 g/mol. The lowest BCUT2D eigenvalue weighted by atomic mass is 10.1. The maximum absolute atomic E-state index is 12.6. The molecule has 7 heteroatoms. The Morgan fingerprint density at radius 3 is 2.24 bits per heavy atom. The van der Waals surface area contributed by atoms with Gasteiger partial charge in [-0.05, 0) is 63.2 Å². The summed E-state index contributed by atoms with van der Waals surface area (Å²) >= 11 is 0. The van der Waals surface area contributed by atoms with Crippen LogP contribution < -0.4 is 16.0 Å². The summed E-state index contributed by atoms with van der Waals surface area (Å²) in [6.07, 6.45) is 0. The van der Waals surface area contributed by atoms with Crippen LogP contribution in [0.15, 0.2) is 42.5 Å². The van der Waals surface area contributed by atoms with Gasteiger partial charge in [-0.3, -0.25) is 19.3 Å². The summed E-state index contributed by atoms with van der Waals surface area (Å²) in [6.45, 7) is 7.18. The van der Waals surface area contributed by atoms with E-state index in [0.717, 1.165) is 16.8 Å². The zero-order valence-corrected chi connectivity index (χ0v) is 17.5. The topological polar surface area (TPSA) is 90.5 Å². The predicted octanol–water partition coefficient (Wildman–Crippen LogP) is 3.16. The maximum atomic E-state index is 12.6. The number of amides is 3. The summed E-state index contributed by atoms with van der Waals surface area (Å²) in [5, 5.41) is 8.39. The molecule has 0 aromatic heterocycles. The molecule has 0 saturated carbocycles. The van der Waals surface area contributed by atoms with Gasteiger partial charge in [-0.15, -0.1) is 0 Å². The minimum atomic E-state index is -0.524. The number of hydrogen-bond acceptors (Lipinski definition) is 4. The summed E-state index contributed by atoms with van der Waals surface area (Å²) in [6, 6.07) is 12.1. The molecule has 154 valence electrons. The standard InChI is InChI=1S/C22H28N4O3/c1-14-8-6-11-20(15(14)2)25-21(28)13-26(5)16(3)22(29)24-19-10-7-9-18(12-19)23-17(4)27/h6-12,16H,13H2,1-5H3,(H,23,27)(H,24,29)(H,25,28). The van der Waals surface area contributed by atoms with Gasteiger partial charge >= 0.3 is 0 Å². The summed E-state index contributed by atoms with van der Waals surface area (Å²) in [5.41, 5.74) is 4.07. The number of rotatable bonds is 7. The number of carbonyl (C=O) groups is 3. The second-order valence-electron chi connectivity index (χ2n) is 7.14. The zero-order valence-electron chi connectivity index (χ0n) is 17.5. The van der Waals surface area contributed by atoms with Crippen molar-refractivity contribution in [2.45, 2.75) is 33.7 Å². The van der Waals surface area contributed by atoms with Crippen LogP contribution in [0.3, 0.4) is 0 Å². The second-order valence-corrected chi connectivity index (χ2v) is 7.14. The molecule has 0 radical (unpaired) electrons. The number of nitrogens with one attached hydrogen (secondary N) is 3. The maximum Gasteiger partial charge on any atom is 0.241 e. The highest BCUT2D eigenvalue weighted by Crippen LogP contribution is 2.18. The summed E-state index contributed by atoms with van der Waals surface area (Å²) < 4.78 is 0. The van der Waals surface area contributed by atoms with Crippen molar-refractivity contribution in [3.8, 4) is 0 Å². The molecule has 0 heterocycles. The quantitative estimate of drug-likeness (QED) is 0.671. The SMILES string of the molecule is CC(=O)Nc1cccc(NC(=O)C(C)N(C)CC(=O)Nc2cccc(C)c2C)c1. The van der Waals surface area contributed by atoms with Crippen molar-refractivity contribution >= 4 is 34.8 Å². The third kappa shape index (κ3) is 6.43. The summed E-state index contributed by atoms with van der Waals surface area (Å²) in [5.74, 6) is -0.614. The lowest BCUT2D eigenvalue weighted by Gasteiger charge is -2.23. The smallest absolute Gasteiger partial charge is 0.241 e. The van der Waals surface area contributed by atoms with Gasteiger partial charge in [0, 0.05) is 24.0 Å². The fraction of sp³-hybridized carbons (Fsp3) is 0.318. The molecule has 2 rings (SSSR count). The van der Waals surface area contributed by atoms with Crippen LogP contribution in [-0.2, 0) is 14.4 Å². The van der Waals surface area contributed by atoms with Gasteiger partial charge in [0.2, 0.25) is 17.7 Å². The number of likely N-dealkylation sites (N-methyl/N-ethyl adjacent to an activating group) is 1. The van der Waals surface area contributed by atoms with Crippen molar-refractivity contribution in [3.63, 3.8) is 0 Å². The van der Waals surface area contributed by atoms with Crippen molar-refractivity contribution in [2.75, 3.05) is 29.5 Å². The van der Waals surface area contributed by atoms with Gasteiger partial charge in [-0.1, -0.05) is 18.2 Å². The normalized spacial score (nSPS) is 11.7. The van der Waals surface area contributed by atoms with Gasteiger partial charge in [-0.25, -0.2) is 0 Å². The van der Waals surface area contributed by atoms with Crippen LogP contribution >= 0.6 is 0 Å². The molecule has 0 spiro atoms. The lowest BCUT2D eigenvalue weighted by molar-refractivity contribution is -0.122. The molecule has 0 aliphatic heterocycles. The Labute approximate surface area is 171 Å². The molecule has 0 fully saturated rings. The largest absolute Gasteiger partial charge is 0.326 e. The Hall–Kier alpha value is -3.19. The van der Waals surface area contributed by atoms with Crippen molar-refractivity contribution in [1.82, 2.24) is 4.90 Å². The van der Waals surface area contributed by atoms with Crippen molar-refractivity contribution in [1.29, 1.82) is 0 Å². The molecule has 7 nitrogen and oxygen atoms in total. The first-order valence-corrected chi connectivity index (χ1v) is 9.42. The number of hydrogen-bond donors (Lipinski definition) is 3. The third-order valence-corrected chi connectivity index (χ3v) is 4.76. The van der Waals surface area contributed by atoms with Gasteiger partial charge in [0.05, 0.1) is 12.6 Å². The van der Waals surface area contributed by atoms with E-state index in [2.05, 4.69) is 16.0 Å². The highest BCUT2D eigenvalue weighted by Gasteiger charge is 2.20. The summed E-state index contributed by atoms with van der Waals surface area (Å²) in [4.78, 5) is 37.8. The predicted molar refractivity (Wildman–Crippen MR) is 116 cm³/mol. The fourth-order valence-corrected chi connectivity index (χ4v) is 2.76. The molecular weight excluding hydrogens is 368 g/mol. The van der Waals surface area contributed by atoms with Gasteiger partial charge < -0.3 is 16.0 Å². The summed E-state index contributed by atoms with van der Waals surface area (Å²) in [7, 11) is 1.72. The molecule has 3 N–H and O–H groups in total. The van der Waals surface area contributed by atoms with Crippen LogP contribution in [0.4, 0.5) is 17.1 Å². The van der Waals surface area contributed by atoms with E-state index >= 15 is 0 Å². The molecule has 29 heavy (non-hydrogen) atoms. The van der Waals surface area contributed by atoms with Gasteiger partial charge in [0.25, 0.3) is 0 Å². The van der Waals surface area contributed by atoms with Crippen LogP contribution in [0.25, 0.3) is 0 Å². The van der Waals surface area contributed by atoms with Crippen LogP contribution in [0.1, 0.15) is 25.0 Å². The molecule has 0 aliphatic rings. The number of anilines is 3. The average molecular weight is 396 g/mol. The Bertz CT molecular complexity index is 911. The number of benzene rings is 2. The van der Waals surface area contributed by atoms with Gasteiger partial charge in [0.1, 0.15) is 0 Å². The van der Waals surface area contributed by atoms with Crippen LogP contribution in [0.5, 0.6) is 0 Å². The molecule has 0 aliphatic carbocycles. The highest BCUT2D eigenvalue weighted by molar-refractivity contribution is 5.97. The number of aryl methyl sites for hydroxylation is 1. The molecular formula is C22H28N4O3. The molecule has 0 bridgehead atoms. The Balaban J connectivity index is 1.94. The molecule has 1 atom stereocenters. The lowest BCUT2D eigenvalue weighted by Crippen LogP contribution is -2.43.